The van der Waals surface area contributed by atoms with Crippen molar-refractivity contribution in [1.82, 2.24) is 44.8 Å². The molecule has 73 heavy (non-hydrogen) atoms. The van der Waals surface area contributed by atoms with Gasteiger partial charge in [-0.2, -0.15) is 0 Å². The van der Waals surface area contributed by atoms with Gasteiger partial charge in [0, 0.05) is 92.7 Å². The Bertz CT molecular complexity index is 2700. The zero-order valence-corrected chi connectivity index (χ0v) is 44.2. The summed E-state index contributed by atoms with van der Waals surface area (Å²) in [5.41, 5.74) is 3.87. The number of hydrogen-bond acceptors (Lipinski definition) is 10. The first kappa shape index (κ1) is 54.4. The molecule has 0 radical (unpaired) electrons. The Morgan fingerprint density at radius 1 is 0.795 bits per heavy atom. The van der Waals surface area contributed by atoms with E-state index in [2.05, 4.69) is 30.1 Å². The van der Waals surface area contributed by atoms with Crippen LogP contribution in [-0.4, -0.2) is 136 Å². The summed E-state index contributed by atoms with van der Waals surface area (Å²) in [6.45, 7) is 1.94. The largest absolute Gasteiger partial charge is 0.457 e. The number of aromatic nitrogens is 3. The van der Waals surface area contributed by atoms with Crippen LogP contribution >= 0.6 is 23.2 Å². The van der Waals surface area contributed by atoms with Gasteiger partial charge in [0.1, 0.15) is 29.4 Å². The average molecular weight is 1040 g/mol. The van der Waals surface area contributed by atoms with Crippen molar-refractivity contribution in [2.45, 2.75) is 102 Å². The topological polar surface area (TPSA) is 172 Å². The van der Waals surface area contributed by atoms with Crippen LogP contribution in [0.2, 0.25) is 10.0 Å². The Balaban J connectivity index is 1.25. The number of imidazole rings is 1. The van der Waals surface area contributed by atoms with Gasteiger partial charge in [-0.1, -0.05) is 60.3 Å². The number of likely N-dealkylation sites (N-methyl/N-ethyl adjacent to an activating group) is 2. The lowest BCUT2D eigenvalue weighted by Crippen LogP contribution is -2.58. The van der Waals surface area contributed by atoms with E-state index in [1.807, 2.05) is 75.9 Å². The van der Waals surface area contributed by atoms with Gasteiger partial charge in [0.15, 0.2) is 0 Å². The molecule has 5 amide bonds. The summed E-state index contributed by atoms with van der Waals surface area (Å²) in [6.07, 6.45) is 6.55. The van der Waals surface area contributed by atoms with Crippen LogP contribution in [-0.2, 0) is 61.7 Å². The molecule has 1 aliphatic carbocycles. The summed E-state index contributed by atoms with van der Waals surface area (Å²) in [5.74, 6) is -1.32. The highest BCUT2D eigenvalue weighted by molar-refractivity contribution is 6.31. The number of carbonyl (C=O) groups excluding carboxylic acids is 5. The number of fused-ring (bicyclic) bond motifs is 1. The Kier molecular flexibility index (Phi) is 18.7. The number of methoxy groups -OCH3 is 1. The van der Waals surface area contributed by atoms with Crippen molar-refractivity contribution >= 4 is 52.7 Å². The van der Waals surface area contributed by atoms with Crippen molar-refractivity contribution in [2.24, 2.45) is 13.0 Å². The summed E-state index contributed by atoms with van der Waals surface area (Å²) < 4.78 is 14.1. The number of nitrogens with one attached hydrogen (secondary N) is 2. The fourth-order valence-corrected chi connectivity index (χ4v) is 10.1. The first-order valence-electron chi connectivity index (χ1n) is 24.8. The summed E-state index contributed by atoms with van der Waals surface area (Å²) >= 11 is 12.9. The molecule has 7 rings (SSSR count). The zero-order chi connectivity index (χ0) is 52.3. The van der Waals surface area contributed by atoms with E-state index in [-0.39, 0.29) is 56.3 Å². The van der Waals surface area contributed by atoms with E-state index < -0.39 is 41.8 Å². The lowest BCUT2D eigenvalue weighted by Gasteiger charge is -2.40. The number of hydrogen-bond donors (Lipinski definition) is 2. The highest BCUT2D eigenvalue weighted by Gasteiger charge is 2.39. The third-order valence-electron chi connectivity index (χ3n) is 14.0. The van der Waals surface area contributed by atoms with Gasteiger partial charge in [-0.3, -0.25) is 29.0 Å². The van der Waals surface area contributed by atoms with E-state index in [1.54, 1.807) is 68.5 Å². The molecule has 6 atom stereocenters. The number of benzene rings is 3. The summed E-state index contributed by atoms with van der Waals surface area (Å²) in [7, 11) is 10.7. The molecule has 2 aromatic heterocycles. The smallest absolute Gasteiger partial charge is 0.247 e. The summed E-state index contributed by atoms with van der Waals surface area (Å²) in [5, 5.41) is 7.05. The normalized spacial score (nSPS) is 21.9. The molecule has 16 nitrogen and oxygen atoms in total. The molecule has 18 heteroatoms. The number of pyridine rings is 1. The van der Waals surface area contributed by atoms with Crippen LogP contribution in [0.25, 0.3) is 11.3 Å². The lowest BCUT2D eigenvalue weighted by molar-refractivity contribution is -0.147. The molecule has 0 unspecified atom stereocenters. The third-order valence-corrected chi connectivity index (χ3v) is 14.5. The Labute approximate surface area is 438 Å². The SMILES string of the molecule is COC[C@@H]1NC(=O)[C@H](C)N(Cc2ccc(Cl)cc2Oc2ccc(-c3cnc(CN(C)C)n3C)cc2)C(=O)C[C@@H](Cc2ccccn2)C(=O)N(C)[C@H]2CCCC[C@@H]2NC(=O)C[C@H](Cc2ccc(Cl)cc2)N(C)C1=O. The number of rotatable bonds is 13. The molecule has 1 saturated carbocycles. The average Bonchev–Trinajstić information content (AvgIpc) is 3.73. The molecule has 3 heterocycles. The zero-order valence-electron chi connectivity index (χ0n) is 42.7. The van der Waals surface area contributed by atoms with E-state index >= 15 is 9.59 Å². The maximum absolute atomic E-state index is 15.2. The molecule has 1 aliphatic heterocycles. The first-order chi connectivity index (χ1) is 35.0. The predicted molar refractivity (Wildman–Crippen MR) is 281 cm³/mol. The van der Waals surface area contributed by atoms with Crippen molar-refractivity contribution in [3.05, 3.63) is 130 Å². The van der Waals surface area contributed by atoms with E-state index in [0.29, 0.717) is 58.6 Å². The monoisotopic (exact) mass is 1040 g/mol. The molecule has 1 saturated heterocycles. The van der Waals surface area contributed by atoms with Crippen molar-refractivity contribution in [3.8, 4) is 22.8 Å². The second kappa shape index (κ2) is 25.1. The van der Waals surface area contributed by atoms with Crippen LogP contribution in [0.3, 0.4) is 0 Å². The van der Waals surface area contributed by atoms with Crippen LogP contribution in [0.15, 0.2) is 97.3 Å². The van der Waals surface area contributed by atoms with Crippen molar-refractivity contribution in [3.63, 3.8) is 0 Å². The van der Waals surface area contributed by atoms with E-state index in [9.17, 15) is 14.4 Å². The van der Waals surface area contributed by atoms with Gasteiger partial charge in [-0.05, 0) is 107 Å². The maximum Gasteiger partial charge on any atom is 0.247 e. The second-order valence-corrected chi connectivity index (χ2v) is 20.4. The minimum Gasteiger partial charge on any atom is -0.457 e. The highest BCUT2D eigenvalue weighted by atomic mass is 35.5. The van der Waals surface area contributed by atoms with Gasteiger partial charge in [-0.15, -0.1) is 0 Å². The molecule has 0 bridgehead atoms. The van der Waals surface area contributed by atoms with Crippen molar-refractivity contribution in [1.29, 1.82) is 0 Å². The maximum atomic E-state index is 15.2. The van der Waals surface area contributed by atoms with Gasteiger partial charge in [0.2, 0.25) is 29.5 Å². The van der Waals surface area contributed by atoms with E-state index in [4.69, 9.17) is 32.7 Å². The molecular formula is C55H67Cl2N9O7. The van der Waals surface area contributed by atoms with E-state index in [1.165, 1.54) is 16.9 Å². The number of halogens is 2. The standard InChI is InChI=1S/C55H67Cl2N9O7/c1-35-53(69)61-46(34-72-7)55(71)63(4)43(26-36-15-20-40(56)21-16-36)30-51(67)60-45-13-8-9-14-47(45)65(6)54(70)39(27-42-12-10-11-25-58-42)28-52(68)66(35)32-38-17-22-41(57)29-49(38)73-44-23-18-37(19-24-44)48-31-59-50(64(48)5)33-62(2)3/h10-12,15-25,29,31,35,39,43,45-47H,8-9,13-14,26-28,30,32-34H2,1-7H3,(H,60,67)(H,61,69)/t35-,39+,43-,45-,46-,47-/m0/s1. The Morgan fingerprint density at radius 3 is 2.22 bits per heavy atom. The molecule has 2 N–H and O–H groups in total. The molecule has 3 aromatic carbocycles. The second-order valence-electron chi connectivity index (χ2n) is 19.5. The van der Waals surface area contributed by atoms with Crippen molar-refractivity contribution in [2.75, 3.05) is 41.9 Å². The van der Waals surface area contributed by atoms with Crippen LogP contribution < -0.4 is 15.4 Å². The fraction of sp³-hybridized carbons (Fsp3) is 0.436. The molecule has 0 spiro atoms. The highest BCUT2D eigenvalue weighted by Crippen LogP contribution is 2.33. The van der Waals surface area contributed by atoms with Gasteiger partial charge >= 0.3 is 0 Å². The predicted octanol–water partition coefficient (Wildman–Crippen LogP) is 7.10. The van der Waals surface area contributed by atoms with Crippen LogP contribution in [0.1, 0.15) is 68.1 Å². The Hall–Kier alpha value is -6.33. The molecular weight excluding hydrogens is 970 g/mol. The molecule has 5 aromatic rings. The first-order valence-corrected chi connectivity index (χ1v) is 25.5. The van der Waals surface area contributed by atoms with Crippen LogP contribution in [0.5, 0.6) is 11.5 Å². The van der Waals surface area contributed by atoms with Gasteiger partial charge in [-0.25, -0.2) is 4.98 Å². The number of carbonyl (C=O) groups is 5. The number of amides is 5. The molecule has 2 aliphatic rings. The van der Waals surface area contributed by atoms with Gasteiger partial charge < -0.3 is 44.3 Å². The summed E-state index contributed by atoms with van der Waals surface area (Å²) in [4.78, 5) is 89.5. The van der Waals surface area contributed by atoms with Gasteiger partial charge in [0.05, 0.1) is 43.5 Å². The van der Waals surface area contributed by atoms with Crippen LogP contribution in [0, 0.1) is 5.92 Å². The fourth-order valence-electron chi connectivity index (χ4n) is 9.81. The van der Waals surface area contributed by atoms with E-state index in [0.717, 1.165) is 35.5 Å². The number of ether oxygens (including phenoxy) is 2. The molecule has 388 valence electrons. The summed E-state index contributed by atoms with van der Waals surface area (Å²) in [6, 6.07) is 21.5. The van der Waals surface area contributed by atoms with Gasteiger partial charge in [0.25, 0.3) is 0 Å². The van der Waals surface area contributed by atoms with Crippen LogP contribution in [0.4, 0.5) is 0 Å². The number of nitrogens with zero attached hydrogens (tertiary/aromatic N) is 7. The molecule has 2 fully saturated rings. The minimum absolute atomic E-state index is 0.0572. The Morgan fingerprint density at radius 2 is 1.52 bits per heavy atom. The quantitative estimate of drug-likeness (QED) is 0.124. The third kappa shape index (κ3) is 14.0. The lowest BCUT2D eigenvalue weighted by atomic mass is 9.87. The minimum atomic E-state index is -1.20. The van der Waals surface area contributed by atoms with Crippen molar-refractivity contribution < 1.29 is 33.4 Å².